The highest BCUT2D eigenvalue weighted by molar-refractivity contribution is 7.26. The summed E-state index contributed by atoms with van der Waals surface area (Å²) < 4.78 is 2.51. The van der Waals surface area contributed by atoms with Gasteiger partial charge in [0.25, 0.3) is 0 Å². The maximum atomic E-state index is 5.13. The quantitative estimate of drug-likeness (QED) is 0.154. The summed E-state index contributed by atoms with van der Waals surface area (Å²) in [6, 6.07) is 76.2. The molecule has 0 radical (unpaired) electrons. The van der Waals surface area contributed by atoms with Crippen LogP contribution in [-0.2, 0) is 0 Å². The van der Waals surface area contributed by atoms with Crippen molar-refractivity contribution in [3.05, 3.63) is 218 Å². The fourth-order valence-corrected chi connectivity index (χ4v) is 9.48. The number of fused-ring (bicyclic) bond motifs is 3. The largest absolute Gasteiger partial charge is 0.228 e. The summed E-state index contributed by atoms with van der Waals surface area (Å²) in [4.78, 5) is 20.3. The molecule has 0 aliphatic heterocycles. The molecule has 0 fully saturated rings. The summed E-state index contributed by atoms with van der Waals surface area (Å²) in [6.45, 7) is 0. The molecule has 8 aromatic carbocycles. The van der Waals surface area contributed by atoms with Crippen LogP contribution < -0.4 is 0 Å². The van der Waals surface area contributed by atoms with Gasteiger partial charge in [-0.3, -0.25) is 0 Å². The first-order valence-electron chi connectivity index (χ1n) is 20.4. The zero-order valence-electron chi connectivity index (χ0n) is 33.0. The highest BCUT2D eigenvalue weighted by Crippen LogP contribution is 2.45. The summed E-state index contributed by atoms with van der Waals surface area (Å²) in [5.74, 6) is 1.41. The van der Waals surface area contributed by atoms with Crippen molar-refractivity contribution in [3.63, 3.8) is 0 Å². The van der Waals surface area contributed by atoms with Crippen molar-refractivity contribution in [2.75, 3.05) is 0 Å². The molecular formula is C56H36N4S. The number of hydrogen-bond donors (Lipinski definition) is 0. The summed E-state index contributed by atoms with van der Waals surface area (Å²) >= 11 is 1.86. The van der Waals surface area contributed by atoms with Crippen molar-refractivity contribution < 1.29 is 0 Å². The second-order valence-electron chi connectivity index (χ2n) is 15.0. The summed E-state index contributed by atoms with van der Waals surface area (Å²) in [6.07, 6.45) is 0. The first-order valence-corrected chi connectivity index (χ1v) is 21.2. The summed E-state index contributed by atoms with van der Waals surface area (Å²) in [5.41, 5.74) is 14.4. The normalized spacial score (nSPS) is 11.3. The molecule has 0 saturated carbocycles. The van der Waals surface area contributed by atoms with E-state index in [1.807, 2.05) is 59.9 Å². The fraction of sp³-hybridized carbons (Fsp3) is 0. The highest BCUT2D eigenvalue weighted by Gasteiger charge is 2.17. The van der Waals surface area contributed by atoms with Gasteiger partial charge < -0.3 is 0 Å². The van der Waals surface area contributed by atoms with Crippen LogP contribution in [0.2, 0.25) is 0 Å². The van der Waals surface area contributed by atoms with Gasteiger partial charge >= 0.3 is 0 Å². The summed E-state index contributed by atoms with van der Waals surface area (Å²) in [7, 11) is 0. The highest BCUT2D eigenvalue weighted by atomic mass is 32.1. The van der Waals surface area contributed by atoms with Gasteiger partial charge in [-0.2, -0.15) is 0 Å². The molecule has 0 amide bonds. The van der Waals surface area contributed by atoms with Crippen LogP contribution in [0.3, 0.4) is 0 Å². The number of hydrogen-bond acceptors (Lipinski definition) is 5. The number of benzene rings is 8. The van der Waals surface area contributed by atoms with E-state index in [9.17, 15) is 0 Å². The van der Waals surface area contributed by atoms with Gasteiger partial charge in [0.2, 0.25) is 0 Å². The van der Waals surface area contributed by atoms with E-state index in [-0.39, 0.29) is 0 Å². The summed E-state index contributed by atoms with van der Waals surface area (Å²) in [5, 5.41) is 2.49. The minimum atomic E-state index is 0.707. The Hall–Kier alpha value is -7.86. The molecule has 0 aliphatic carbocycles. The van der Waals surface area contributed by atoms with Crippen LogP contribution in [-0.4, -0.2) is 19.9 Å². The van der Waals surface area contributed by atoms with E-state index in [2.05, 4.69) is 170 Å². The molecule has 0 atom stereocenters. The number of nitrogens with zero attached hydrogens (tertiary/aromatic N) is 4. The van der Waals surface area contributed by atoms with Gasteiger partial charge in [-0.1, -0.05) is 194 Å². The van der Waals surface area contributed by atoms with E-state index in [1.165, 1.54) is 31.3 Å². The average molecular weight is 797 g/mol. The number of thiophene rings is 1. The van der Waals surface area contributed by atoms with Crippen LogP contribution in [0.4, 0.5) is 0 Å². The van der Waals surface area contributed by atoms with Crippen LogP contribution >= 0.6 is 11.3 Å². The molecule has 0 saturated heterocycles. The van der Waals surface area contributed by atoms with Crippen molar-refractivity contribution in [2.45, 2.75) is 0 Å². The molecule has 4 nitrogen and oxygen atoms in total. The Morgan fingerprint density at radius 2 is 0.557 bits per heavy atom. The Balaban J connectivity index is 1.00. The predicted molar refractivity (Wildman–Crippen MR) is 254 cm³/mol. The molecule has 0 bridgehead atoms. The van der Waals surface area contributed by atoms with Crippen LogP contribution in [0.5, 0.6) is 0 Å². The molecule has 3 heterocycles. The Morgan fingerprint density at radius 3 is 0.951 bits per heavy atom. The standard InChI is InChI=1S/C56H36N4S/c1-5-17-37(18-6-1)49-35-51(59-55(57-49)39-21-9-3-10-22-39)43-27-13-25-41(33-43)45-29-15-31-47-48-32-16-30-46(54(48)61-53(45)47)42-26-14-28-44(34-42)52-36-50(38-19-7-2-8-20-38)58-56(60-52)40-23-11-4-12-24-40/h1-36H. The Bertz CT molecular complexity index is 3010. The zero-order valence-corrected chi connectivity index (χ0v) is 33.8. The lowest BCUT2D eigenvalue weighted by atomic mass is 9.97. The minimum Gasteiger partial charge on any atom is -0.228 e. The third-order valence-electron chi connectivity index (χ3n) is 11.1. The van der Waals surface area contributed by atoms with Crippen molar-refractivity contribution >= 4 is 31.5 Å². The lowest BCUT2D eigenvalue weighted by molar-refractivity contribution is 1.18. The van der Waals surface area contributed by atoms with Crippen molar-refractivity contribution in [2.24, 2.45) is 0 Å². The smallest absolute Gasteiger partial charge is 0.160 e. The van der Waals surface area contributed by atoms with Crippen molar-refractivity contribution in [3.8, 4) is 90.1 Å². The molecule has 0 spiro atoms. The van der Waals surface area contributed by atoms with Gasteiger partial charge in [-0.15, -0.1) is 11.3 Å². The van der Waals surface area contributed by atoms with Gasteiger partial charge in [0.15, 0.2) is 11.6 Å². The second kappa shape index (κ2) is 15.7. The number of aromatic nitrogens is 4. The van der Waals surface area contributed by atoms with Crippen LogP contribution in [0, 0.1) is 0 Å². The molecule has 61 heavy (non-hydrogen) atoms. The average Bonchev–Trinajstić information content (AvgIpc) is 3.74. The van der Waals surface area contributed by atoms with E-state index in [0.29, 0.717) is 11.6 Å². The zero-order chi connectivity index (χ0) is 40.5. The van der Waals surface area contributed by atoms with E-state index >= 15 is 0 Å². The molecule has 0 unspecified atom stereocenters. The molecule has 0 aliphatic rings. The Labute approximate surface area is 358 Å². The van der Waals surface area contributed by atoms with Gasteiger partial charge in [-0.25, -0.2) is 19.9 Å². The van der Waals surface area contributed by atoms with Gasteiger partial charge in [0.1, 0.15) is 0 Å². The van der Waals surface area contributed by atoms with Crippen LogP contribution in [0.15, 0.2) is 218 Å². The lowest BCUT2D eigenvalue weighted by Crippen LogP contribution is -1.96. The van der Waals surface area contributed by atoms with Crippen molar-refractivity contribution in [1.82, 2.24) is 19.9 Å². The maximum Gasteiger partial charge on any atom is 0.160 e. The fourth-order valence-electron chi connectivity index (χ4n) is 8.10. The molecule has 5 heteroatoms. The molecule has 286 valence electrons. The topological polar surface area (TPSA) is 51.6 Å². The first kappa shape index (κ1) is 36.2. The van der Waals surface area contributed by atoms with Gasteiger partial charge in [0.05, 0.1) is 22.8 Å². The Kier molecular flexibility index (Phi) is 9.34. The lowest BCUT2D eigenvalue weighted by Gasteiger charge is -2.11. The van der Waals surface area contributed by atoms with Gasteiger partial charge in [0, 0.05) is 53.6 Å². The first-order chi connectivity index (χ1) is 30.2. The molecule has 11 rings (SSSR count). The molecule has 0 N–H and O–H groups in total. The van der Waals surface area contributed by atoms with E-state index in [0.717, 1.165) is 67.3 Å². The SMILES string of the molecule is c1ccc(-c2cc(-c3cccc(-c4cccc5c4sc4c(-c6cccc(-c7cc(-c8ccccc8)nc(-c8ccccc8)n7)c6)cccc45)c3)nc(-c3ccccc3)n2)cc1. The molecular weight excluding hydrogens is 761 g/mol. The second-order valence-corrected chi connectivity index (χ2v) is 16.0. The van der Waals surface area contributed by atoms with Crippen LogP contribution in [0.1, 0.15) is 0 Å². The van der Waals surface area contributed by atoms with Crippen LogP contribution in [0.25, 0.3) is 110 Å². The third kappa shape index (κ3) is 7.07. The van der Waals surface area contributed by atoms with E-state index in [4.69, 9.17) is 19.9 Å². The third-order valence-corrected chi connectivity index (χ3v) is 12.4. The monoisotopic (exact) mass is 796 g/mol. The maximum absolute atomic E-state index is 5.13. The Morgan fingerprint density at radius 1 is 0.246 bits per heavy atom. The molecule has 11 aromatic rings. The molecule has 3 aromatic heterocycles. The van der Waals surface area contributed by atoms with E-state index in [1.54, 1.807) is 0 Å². The predicted octanol–water partition coefficient (Wildman–Crippen LogP) is 15.0. The van der Waals surface area contributed by atoms with E-state index < -0.39 is 0 Å². The number of rotatable bonds is 8. The van der Waals surface area contributed by atoms with Gasteiger partial charge in [-0.05, 0) is 46.5 Å². The minimum absolute atomic E-state index is 0.707. The van der Waals surface area contributed by atoms with Crippen molar-refractivity contribution in [1.29, 1.82) is 0 Å².